The number of amides is 1. The molecule has 0 aliphatic rings. The van der Waals surface area contributed by atoms with E-state index < -0.39 is 0 Å². The van der Waals surface area contributed by atoms with Gasteiger partial charge in [-0.3, -0.25) is 4.79 Å². The van der Waals surface area contributed by atoms with Crippen molar-refractivity contribution in [3.05, 3.63) is 17.3 Å². The number of carbonyl (C=O) groups is 1. The van der Waals surface area contributed by atoms with Crippen LogP contribution in [0, 0.1) is 6.92 Å². The molecule has 102 valence electrons. The number of carbonyl (C=O) groups excluding carboxylic acids is 1. The maximum absolute atomic E-state index is 11.8. The second-order valence-electron chi connectivity index (χ2n) is 5.49. The molecule has 0 aliphatic heterocycles. The molecule has 5 heteroatoms. The summed E-state index contributed by atoms with van der Waals surface area (Å²) in [4.78, 5) is 17.7. The highest BCUT2D eigenvalue weighted by atomic mass is 16.4. The summed E-state index contributed by atoms with van der Waals surface area (Å²) >= 11 is 0. The molecule has 0 spiro atoms. The van der Waals surface area contributed by atoms with Gasteiger partial charge in [0.25, 0.3) is 0 Å². The second-order valence-corrected chi connectivity index (χ2v) is 5.49. The lowest BCUT2D eigenvalue weighted by atomic mass is 9.97. The van der Waals surface area contributed by atoms with Gasteiger partial charge in [-0.25, -0.2) is 4.98 Å². The van der Waals surface area contributed by atoms with Crippen molar-refractivity contribution in [2.75, 3.05) is 20.2 Å². The fourth-order valence-electron chi connectivity index (χ4n) is 1.46. The smallest absolute Gasteiger partial charge is 0.230 e. The van der Waals surface area contributed by atoms with E-state index in [0.717, 1.165) is 5.69 Å². The van der Waals surface area contributed by atoms with Crippen LogP contribution in [-0.4, -0.2) is 41.1 Å². The van der Waals surface area contributed by atoms with Gasteiger partial charge in [-0.05, 0) is 6.92 Å². The van der Waals surface area contributed by atoms with Crippen LogP contribution in [0.4, 0.5) is 0 Å². The van der Waals surface area contributed by atoms with E-state index in [1.165, 1.54) is 4.90 Å². The summed E-state index contributed by atoms with van der Waals surface area (Å²) in [6.45, 7) is 8.18. The molecule has 0 atom stereocenters. The lowest BCUT2D eigenvalue weighted by molar-refractivity contribution is -0.129. The maximum Gasteiger partial charge on any atom is 0.230 e. The van der Waals surface area contributed by atoms with E-state index in [1.807, 2.05) is 27.7 Å². The Kier molecular flexibility index (Phi) is 4.51. The number of aromatic nitrogens is 1. The fraction of sp³-hybridized carbons (Fsp3) is 0.692. The summed E-state index contributed by atoms with van der Waals surface area (Å²) in [5.41, 5.74) is 0.592. The van der Waals surface area contributed by atoms with Crippen molar-refractivity contribution in [3.8, 4) is 0 Å². The lowest BCUT2D eigenvalue weighted by Gasteiger charge is -2.15. The maximum atomic E-state index is 11.8. The number of aliphatic hydroxyl groups is 1. The molecule has 0 bridgehead atoms. The molecule has 1 heterocycles. The number of likely N-dealkylation sites (N-methyl/N-ethyl adjacent to an activating group) is 1. The Morgan fingerprint density at radius 1 is 1.44 bits per heavy atom. The number of aryl methyl sites for hydroxylation is 1. The highest BCUT2D eigenvalue weighted by Gasteiger charge is 2.23. The third-order valence-electron chi connectivity index (χ3n) is 2.71. The summed E-state index contributed by atoms with van der Waals surface area (Å²) in [5.74, 6) is 1.17. The molecular formula is C13H22N2O3. The predicted octanol–water partition coefficient (Wildman–Crippen LogP) is 1.27. The van der Waals surface area contributed by atoms with Crippen molar-refractivity contribution in [1.29, 1.82) is 0 Å². The van der Waals surface area contributed by atoms with Gasteiger partial charge in [-0.2, -0.15) is 0 Å². The molecule has 1 N–H and O–H groups in total. The van der Waals surface area contributed by atoms with Crippen LogP contribution in [0.25, 0.3) is 0 Å². The number of oxazole rings is 1. The molecule has 0 saturated heterocycles. The summed E-state index contributed by atoms with van der Waals surface area (Å²) in [5, 5.41) is 8.79. The van der Waals surface area contributed by atoms with Gasteiger partial charge in [-0.15, -0.1) is 0 Å². The quantitative estimate of drug-likeness (QED) is 0.878. The highest BCUT2D eigenvalue weighted by Crippen LogP contribution is 2.24. The topological polar surface area (TPSA) is 66.6 Å². The Morgan fingerprint density at radius 3 is 2.50 bits per heavy atom. The molecule has 0 aliphatic carbocycles. The Bertz CT molecular complexity index is 418. The Morgan fingerprint density at radius 2 is 2.06 bits per heavy atom. The lowest BCUT2D eigenvalue weighted by Crippen LogP contribution is -2.30. The first-order valence-corrected chi connectivity index (χ1v) is 6.07. The van der Waals surface area contributed by atoms with Gasteiger partial charge in [0, 0.05) is 19.0 Å². The minimum absolute atomic E-state index is 0.0368. The zero-order chi connectivity index (χ0) is 13.9. The van der Waals surface area contributed by atoms with Gasteiger partial charge in [0.05, 0.1) is 18.7 Å². The van der Waals surface area contributed by atoms with E-state index in [2.05, 4.69) is 4.98 Å². The molecule has 0 unspecified atom stereocenters. The van der Waals surface area contributed by atoms with E-state index in [4.69, 9.17) is 9.52 Å². The molecule has 0 aromatic carbocycles. The van der Waals surface area contributed by atoms with Gasteiger partial charge in [0.2, 0.25) is 5.91 Å². The van der Waals surface area contributed by atoms with E-state index in [9.17, 15) is 4.79 Å². The highest BCUT2D eigenvalue weighted by molar-refractivity contribution is 5.78. The van der Waals surface area contributed by atoms with Gasteiger partial charge < -0.3 is 14.4 Å². The third-order valence-corrected chi connectivity index (χ3v) is 2.71. The summed E-state index contributed by atoms with van der Waals surface area (Å²) < 4.78 is 5.66. The SMILES string of the molecule is Cc1nc(C(C)(C)C)oc1CC(=O)N(C)CCO. The molecule has 1 amide bonds. The van der Waals surface area contributed by atoms with Crippen LogP contribution in [0.15, 0.2) is 4.42 Å². The number of rotatable bonds is 4. The summed E-state index contributed by atoms with van der Waals surface area (Å²) in [7, 11) is 1.66. The average Bonchev–Trinajstić information content (AvgIpc) is 2.60. The monoisotopic (exact) mass is 254 g/mol. The van der Waals surface area contributed by atoms with Crippen LogP contribution < -0.4 is 0 Å². The molecule has 18 heavy (non-hydrogen) atoms. The van der Waals surface area contributed by atoms with Gasteiger partial charge >= 0.3 is 0 Å². The minimum Gasteiger partial charge on any atom is -0.444 e. The molecule has 5 nitrogen and oxygen atoms in total. The van der Waals surface area contributed by atoms with Crippen molar-refractivity contribution in [3.63, 3.8) is 0 Å². The summed E-state index contributed by atoms with van der Waals surface area (Å²) in [6, 6.07) is 0. The Labute approximate surface area is 108 Å². The zero-order valence-electron chi connectivity index (χ0n) is 11.8. The third kappa shape index (κ3) is 3.57. The standard InChI is InChI=1S/C13H22N2O3/c1-9-10(8-11(17)15(5)6-7-16)18-12(14-9)13(2,3)4/h16H,6-8H2,1-5H3. The van der Waals surface area contributed by atoms with Crippen LogP contribution >= 0.6 is 0 Å². The molecule has 1 rings (SSSR count). The van der Waals surface area contributed by atoms with Gasteiger partial charge in [0.15, 0.2) is 5.89 Å². The minimum atomic E-state index is -0.164. The van der Waals surface area contributed by atoms with Gasteiger partial charge in [0.1, 0.15) is 5.76 Å². The normalized spacial score (nSPS) is 11.7. The van der Waals surface area contributed by atoms with E-state index in [-0.39, 0.29) is 24.3 Å². The Balaban J connectivity index is 2.80. The van der Waals surface area contributed by atoms with Crippen LogP contribution in [0.3, 0.4) is 0 Å². The van der Waals surface area contributed by atoms with Crippen molar-refractivity contribution in [1.82, 2.24) is 9.88 Å². The first-order chi connectivity index (χ1) is 8.25. The van der Waals surface area contributed by atoms with Crippen LogP contribution in [0.5, 0.6) is 0 Å². The van der Waals surface area contributed by atoms with E-state index in [0.29, 0.717) is 18.2 Å². The van der Waals surface area contributed by atoms with Crippen molar-refractivity contribution >= 4 is 5.91 Å². The molecule has 1 aromatic heterocycles. The molecule has 1 aromatic rings. The Hall–Kier alpha value is -1.36. The van der Waals surface area contributed by atoms with Crippen molar-refractivity contribution < 1.29 is 14.3 Å². The largest absolute Gasteiger partial charge is 0.444 e. The van der Waals surface area contributed by atoms with Crippen LogP contribution in [0.1, 0.15) is 38.1 Å². The number of aliphatic hydroxyl groups excluding tert-OH is 1. The van der Waals surface area contributed by atoms with Crippen molar-refractivity contribution in [2.45, 2.75) is 39.5 Å². The summed E-state index contributed by atoms with van der Waals surface area (Å²) in [6.07, 6.45) is 0.186. The zero-order valence-corrected chi connectivity index (χ0v) is 11.8. The molecule has 0 saturated carbocycles. The average molecular weight is 254 g/mol. The number of nitrogens with zero attached hydrogens (tertiary/aromatic N) is 2. The molecule has 0 radical (unpaired) electrons. The first kappa shape index (κ1) is 14.7. The van der Waals surface area contributed by atoms with Gasteiger partial charge in [-0.1, -0.05) is 20.8 Å². The van der Waals surface area contributed by atoms with E-state index in [1.54, 1.807) is 7.05 Å². The number of hydrogen-bond donors (Lipinski definition) is 1. The van der Waals surface area contributed by atoms with Crippen molar-refractivity contribution in [2.24, 2.45) is 0 Å². The predicted molar refractivity (Wildman–Crippen MR) is 68.4 cm³/mol. The van der Waals surface area contributed by atoms with Crippen LogP contribution in [-0.2, 0) is 16.6 Å². The molecular weight excluding hydrogens is 232 g/mol. The number of hydrogen-bond acceptors (Lipinski definition) is 4. The second kappa shape index (κ2) is 5.52. The first-order valence-electron chi connectivity index (χ1n) is 6.07. The molecule has 0 fully saturated rings. The fourth-order valence-corrected chi connectivity index (χ4v) is 1.46. The van der Waals surface area contributed by atoms with E-state index >= 15 is 0 Å². The van der Waals surface area contributed by atoms with Crippen LogP contribution in [0.2, 0.25) is 0 Å².